The first kappa shape index (κ1) is 18.1. The van der Waals surface area contributed by atoms with E-state index in [9.17, 15) is 12.8 Å². The lowest BCUT2D eigenvalue weighted by Crippen LogP contribution is -2.20. The van der Waals surface area contributed by atoms with Gasteiger partial charge in [-0.1, -0.05) is 12.6 Å². The highest BCUT2D eigenvalue weighted by atomic mass is 32.2. The molecule has 0 aliphatic carbocycles. The van der Waals surface area contributed by atoms with Crippen molar-refractivity contribution in [3.05, 3.63) is 60.3 Å². The molecule has 0 unspecified atom stereocenters. The summed E-state index contributed by atoms with van der Waals surface area (Å²) in [7, 11) is -2.59. The zero-order valence-corrected chi connectivity index (χ0v) is 15.6. The summed E-state index contributed by atoms with van der Waals surface area (Å²) in [4.78, 5) is 9.97. The molecule has 0 spiro atoms. The van der Waals surface area contributed by atoms with E-state index in [0.717, 1.165) is 28.9 Å². The summed E-state index contributed by atoms with van der Waals surface area (Å²) in [5, 5.41) is 8.92. The number of nitrogens with one attached hydrogen (secondary N) is 1. The number of nitrogens with two attached hydrogens (primary N) is 1. The van der Waals surface area contributed by atoms with Crippen LogP contribution in [0.3, 0.4) is 0 Å². The van der Waals surface area contributed by atoms with Gasteiger partial charge in [0, 0.05) is 18.0 Å². The number of nitrogens with zero attached hydrogens (tertiary/aromatic N) is 3. The molecule has 0 fully saturated rings. The van der Waals surface area contributed by atoms with Gasteiger partial charge in [-0.2, -0.15) is 4.98 Å². The van der Waals surface area contributed by atoms with Crippen molar-refractivity contribution in [3.8, 4) is 5.88 Å². The molecule has 0 saturated carbocycles. The van der Waals surface area contributed by atoms with Crippen molar-refractivity contribution >= 4 is 32.4 Å². The quantitative estimate of drug-likeness (QED) is 0.690. The van der Waals surface area contributed by atoms with E-state index >= 15 is 0 Å². The first-order valence-corrected chi connectivity index (χ1v) is 9.71. The molecule has 1 aromatic carbocycles. The molecule has 10 heteroatoms. The van der Waals surface area contributed by atoms with Crippen molar-refractivity contribution in [3.63, 3.8) is 0 Å². The summed E-state index contributed by atoms with van der Waals surface area (Å²) >= 11 is 0. The van der Waals surface area contributed by atoms with Gasteiger partial charge >= 0.3 is 0 Å². The Morgan fingerprint density at radius 2 is 2.11 bits per heavy atom. The van der Waals surface area contributed by atoms with Crippen LogP contribution in [-0.2, 0) is 16.6 Å². The van der Waals surface area contributed by atoms with E-state index in [4.69, 9.17) is 9.88 Å². The predicted molar refractivity (Wildman–Crippen MR) is 103 cm³/mol. The van der Waals surface area contributed by atoms with Crippen LogP contribution in [0.1, 0.15) is 5.56 Å². The molecule has 0 atom stereocenters. The number of ether oxygens (including phenoxy) is 1. The summed E-state index contributed by atoms with van der Waals surface area (Å²) in [5.41, 5.74) is 2.58. The Bertz CT molecular complexity index is 1230. The molecule has 3 N–H and O–H groups in total. The summed E-state index contributed by atoms with van der Waals surface area (Å²) in [6.07, 6.45) is 1.64. The predicted octanol–water partition coefficient (Wildman–Crippen LogP) is 2.33. The van der Waals surface area contributed by atoms with Crippen molar-refractivity contribution in [1.82, 2.24) is 9.97 Å². The van der Waals surface area contributed by atoms with Crippen LogP contribution in [0.4, 0.5) is 15.8 Å². The van der Waals surface area contributed by atoms with Crippen LogP contribution < -0.4 is 20.1 Å². The number of sulfonamides is 1. The molecule has 0 radical (unpaired) electrons. The molecular formula is C18H16FN5O3S. The molecule has 1 aliphatic heterocycles. The molecule has 0 amide bonds. The van der Waals surface area contributed by atoms with E-state index < -0.39 is 20.7 Å². The third-order valence-electron chi connectivity index (χ3n) is 4.40. The van der Waals surface area contributed by atoms with Gasteiger partial charge in [0.2, 0.25) is 15.9 Å². The monoisotopic (exact) mass is 401 g/mol. The third-order valence-corrected chi connectivity index (χ3v) is 5.35. The number of halogens is 1. The van der Waals surface area contributed by atoms with Crippen LogP contribution in [-0.4, -0.2) is 25.5 Å². The number of primary sulfonamides is 1. The van der Waals surface area contributed by atoms with E-state index in [1.54, 1.807) is 12.3 Å². The van der Waals surface area contributed by atoms with Gasteiger partial charge in [0.05, 0.1) is 24.7 Å². The maximum absolute atomic E-state index is 14.2. The van der Waals surface area contributed by atoms with Gasteiger partial charge < -0.3 is 15.0 Å². The van der Waals surface area contributed by atoms with E-state index in [-0.39, 0.29) is 6.54 Å². The smallest absolute Gasteiger partial charge is 0.240 e. The second kappa shape index (κ2) is 6.43. The van der Waals surface area contributed by atoms with Gasteiger partial charge in [-0.15, -0.1) is 0 Å². The minimum atomic E-state index is -4.12. The molecule has 8 nitrogen and oxygen atoms in total. The average molecular weight is 401 g/mol. The number of benzene rings is 1. The Kier molecular flexibility index (Phi) is 4.16. The maximum atomic E-state index is 14.2. The number of methoxy groups -OCH3 is 1. The van der Waals surface area contributed by atoms with Gasteiger partial charge in [-0.3, -0.25) is 0 Å². The fourth-order valence-electron chi connectivity index (χ4n) is 3.13. The normalized spacial score (nSPS) is 13.5. The number of anilines is 2. The number of aromatic nitrogens is 2. The lowest BCUT2D eigenvalue weighted by Gasteiger charge is -2.20. The maximum Gasteiger partial charge on any atom is 0.240 e. The van der Waals surface area contributed by atoms with E-state index in [1.165, 1.54) is 13.2 Å². The molecule has 3 heterocycles. The first-order valence-electron chi connectivity index (χ1n) is 8.16. The summed E-state index contributed by atoms with van der Waals surface area (Å²) in [6.45, 7) is 4.25. The van der Waals surface area contributed by atoms with E-state index in [2.05, 4.69) is 21.9 Å². The highest BCUT2D eigenvalue weighted by Crippen LogP contribution is 2.41. The van der Waals surface area contributed by atoms with Gasteiger partial charge in [-0.05, 0) is 23.8 Å². The second-order valence-corrected chi connectivity index (χ2v) is 7.74. The van der Waals surface area contributed by atoms with Crippen LogP contribution >= 0.6 is 0 Å². The van der Waals surface area contributed by atoms with Crippen molar-refractivity contribution in [2.75, 3.05) is 17.3 Å². The lowest BCUT2D eigenvalue weighted by atomic mass is 10.1. The summed E-state index contributed by atoms with van der Waals surface area (Å²) < 4.78 is 42.1. The van der Waals surface area contributed by atoms with Crippen molar-refractivity contribution in [2.45, 2.75) is 11.4 Å². The van der Waals surface area contributed by atoms with Crippen LogP contribution in [0.15, 0.2) is 53.8 Å². The van der Waals surface area contributed by atoms with Crippen LogP contribution in [0.25, 0.3) is 11.0 Å². The Balaban J connectivity index is 1.76. The SMILES string of the molecule is C=C1Nc2cnc3nc(OC)ccc3c2N1Cc1ccc(S(N)(=O)=O)c(F)c1. The number of hydrogen-bond acceptors (Lipinski definition) is 7. The van der Waals surface area contributed by atoms with E-state index in [0.29, 0.717) is 22.9 Å². The Labute approximate surface area is 160 Å². The highest BCUT2D eigenvalue weighted by Gasteiger charge is 2.26. The number of hydrogen-bond donors (Lipinski definition) is 2. The van der Waals surface area contributed by atoms with Crippen LogP contribution in [0, 0.1) is 5.82 Å². The Hall–Kier alpha value is -3.24. The number of pyridine rings is 2. The third kappa shape index (κ3) is 3.02. The van der Waals surface area contributed by atoms with Crippen LogP contribution in [0.2, 0.25) is 0 Å². The molecule has 28 heavy (non-hydrogen) atoms. The standard InChI is InChI=1S/C18H16FN5O3S/c1-10-22-14-8-21-18-12(4-6-16(23-18)27-2)17(14)24(10)9-11-3-5-15(13(19)7-11)28(20,25)26/h3-8,22H,1,9H2,2H3,(H2,20,25,26). The average Bonchev–Trinajstić information content (AvgIpc) is 2.96. The molecule has 0 bridgehead atoms. The first-order chi connectivity index (χ1) is 13.3. The molecular weight excluding hydrogens is 385 g/mol. The minimum absolute atomic E-state index is 0.256. The minimum Gasteiger partial charge on any atom is -0.481 e. The molecule has 0 saturated heterocycles. The second-order valence-electron chi connectivity index (χ2n) is 6.21. The lowest BCUT2D eigenvalue weighted by molar-refractivity contribution is 0.399. The van der Waals surface area contributed by atoms with Gasteiger partial charge in [-0.25, -0.2) is 22.9 Å². The molecule has 144 valence electrons. The van der Waals surface area contributed by atoms with Crippen molar-refractivity contribution in [1.29, 1.82) is 0 Å². The fourth-order valence-corrected chi connectivity index (χ4v) is 3.72. The van der Waals surface area contributed by atoms with Gasteiger partial charge in [0.1, 0.15) is 16.5 Å². The Morgan fingerprint density at radius 1 is 1.32 bits per heavy atom. The van der Waals surface area contributed by atoms with Crippen molar-refractivity contribution in [2.24, 2.45) is 5.14 Å². The zero-order valence-electron chi connectivity index (χ0n) is 14.8. The Morgan fingerprint density at radius 3 is 2.79 bits per heavy atom. The number of rotatable bonds is 4. The van der Waals surface area contributed by atoms with E-state index in [1.807, 2.05) is 11.0 Å². The van der Waals surface area contributed by atoms with Crippen LogP contribution in [0.5, 0.6) is 5.88 Å². The highest BCUT2D eigenvalue weighted by molar-refractivity contribution is 7.89. The number of fused-ring (bicyclic) bond motifs is 3. The molecule has 1 aliphatic rings. The largest absolute Gasteiger partial charge is 0.481 e. The van der Waals surface area contributed by atoms with Gasteiger partial charge in [0.25, 0.3) is 0 Å². The topological polar surface area (TPSA) is 110 Å². The molecule has 3 aromatic rings. The summed E-state index contributed by atoms with van der Waals surface area (Å²) in [6, 6.07) is 7.38. The molecule has 4 rings (SSSR count). The fraction of sp³-hybridized carbons (Fsp3) is 0.111. The summed E-state index contributed by atoms with van der Waals surface area (Å²) in [5.74, 6) is 0.122. The zero-order chi connectivity index (χ0) is 20.1. The van der Waals surface area contributed by atoms with Crippen molar-refractivity contribution < 1.29 is 17.5 Å². The molecule has 2 aromatic heterocycles. The van der Waals surface area contributed by atoms with Gasteiger partial charge in [0.15, 0.2) is 5.65 Å².